The molecule has 1 atom stereocenters. The maximum atomic E-state index is 12.0. The molecule has 0 radical (unpaired) electrons. The van der Waals surface area contributed by atoms with Crippen LogP contribution in [-0.4, -0.2) is 26.1 Å². The fraction of sp³-hybridized carbons (Fsp3) is 0.500. The van der Waals surface area contributed by atoms with Crippen molar-refractivity contribution in [3.63, 3.8) is 0 Å². The summed E-state index contributed by atoms with van der Waals surface area (Å²) in [4.78, 5) is 12.0. The number of benzene rings is 1. The zero-order valence-corrected chi connectivity index (χ0v) is 14.0. The van der Waals surface area contributed by atoms with E-state index in [1.54, 1.807) is 7.11 Å². The van der Waals surface area contributed by atoms with Gasteiger partial charge in [0, 0.05) is 16.9 Å². The van der Waals surface area contributed by atoms with Crippen LogP contribution in [0.3, 0.4) is 0 Å². The van der Waals surface area contributed by atoms with Gasteiger partial charge in [0.25, 0.3) is 0 Å². The van der Waals surface area contributed by atoms with Gasteiger partial charge in [-0.05, 0) is 42.8 Å². The first-order chi connectivity index (χ1) is 9.11. The van der Waals surface area contributed by atoms with Crippen LogP contribution in [0.2, 0.25) is 0 Å². The Balaban J connectivity index is 0.00000200. The number of carbonyl (C=O) groups excluding carboxylic acids is 1. The monoisotopic (exact) mass is 362 g/mol. The summed E-state index contributed by atoms with van der Waals surface area (Å²) >= 11 is 3.48. The van der Waals surface area contributed by atoms with Crippen LogP contribution in [0.15, 0.2) is 22.7 Å². The summed E-state index contributed by atoms with van der Waals surface area (Å²) in [6.07, 6.45) is 0. The third-order valence-electron chi connectivity index (χ3n) is 3.64. The predicted octanol–water partition coefficient (Wildman–Crippen LogP) is 2.35. The van der Waals surface area contributed by atoms with Gasteiger partial charge in [-0.1, -0.05) is 22.9 Å². The van der Waals surface area contributed by atoms with Crippen molar-refractivity contribution < 1.29 is 9.53 Å². The van der Waals surface area contributed by atoms with Crippen LogP contribution < -0.4 is 15.4 Å². The van der Waals surface area contributed by atoms with Crippen molar-refractivity contribution in [3.8, 4) is 5.75 Å². The van der Waals surface area contributed by atoms with Crippen LogP contribution in [0, 0.1) is 11.8 Å². The topological polar surface area (TPSA) is 50.4 Å². The predicted molar refractivity (Wildman–Crippen MR) is 85.3 cm³/mol. The van der Waals surface area contributed by atoms with Crippen molar-refractivity contribution in [1.82, 2.24) is 10.6 Å². The third-order valence-corrected chi connectivity index (χ3v) is 4.41. The van der Waals surface area contributed by atoms with Gasteiger partial charge in [-0.3, -0.25) is 4.79 Å². The highest BCUT2D eigenvalue weighted by molar-refractivity contribution is 9.10. The molecule has 1 aliphatic rings. The van der Waals surface area contributed by atoms with E-state index >= 15 is 0 Å². The first kappa shape index (κ1) is 17.3. The highest BCUT2D eigenvalue weighted by Gasteiger charge is 2.28. The lowest BCUT2D eigenvalue weighted by atomic mass is 9.88. The van der Waals surface area contributed by atoms with E-state index in [1.165, 1.54) is 0 Å². The van der Waals surface area contributed by atoms with E-state index in [0.717, 1.165) is 28.9 Å². The lowest BCUT2D eigenvalue weighted by Crippen LogP contribution is -2.49. The lowest BCUT2D eigenvalue weighted by molar-refractivity contribution is -0.126. The molecule has 6 heteroatoms. The third kappa shape index (κ3) is 4.11. The Morgan fingerprint density at radius 2 is 2.25 bits per heavy atom. The molecule has 2 N–H and O–H groups in total. The first-order valence-corrected chi connectivity index (χ1v) is 7.22. The lowest BCUT2D eigenvalue weighted by Gasteiger charge is -2.31. The van der Waals surface area contributed by atoms with Gasteiger partial charge >= 0.3 is 0 Å². The van der Waals surface area contributed by atoms with Crippen LogP contribution in [0.4, 0.5) is 0 Å². The molecule has 4 nitrogen and oxygen atoms in total. The van der Waals surface area contributed by atoms with E-state index in [0.29, 0.717) is 12.5 Å². The van der Waals surface area contributed by atoms with Gasteiger partial charge in [0.1, 0.15) is 5.75 Å². The second-order valence-electron chi connectivity index (χ2n) is 4.88. The average Bonchev–Trinajstić information content (AvgIpc) is 2.35. The van der Waals surface area contributed by atoms with E-state index in [-0.39, 0.29) is 24.2 Å². The quantitative estimate of drug-likeness (QED) is 0.844. The number of nitrogens with one attached hydrogen (secondary N) is 2. The summed E-state index contributed by atoms with van der Waals surface area (Å²) in [5.41, 5.74) is 1.02. The SMILES string of the molecule is COc1ccc(Br)c(CNC(=O)C(C)C2CNC2)c1.Cl. The Kier molecular flexibility index (Phi) is 6.79. The molecule has 1 unspecified atom stereocenters. The van der Waals surface area contributed by atoms with E-state index in [4.69, 9.17) is 4.74 Å². The summed E-state index contributed by atoms with van der Waals surface area (Å²) in [6, 6.07) is 5.75. The summed E-state index contributed by atoms with van der Waals surface area (Å²) < 4.78 is 6.17. The van der Waals surface area contributed by atoms with E-state index in [2.05, 4.69) is 26.6 Å². The molecule has 20 heavy (non-hydrogen) atoms. The molecule has 0 spiro atoms. The summed E-state index contributed by atoms with van der Waals surface area (Å²) in [7, 11) is 1.64. The molecule has 1 saturated heterocycles. The Hall–Kier alpha value is -0.780. The van der Waals surface area contributed by atoms with Crippen LogP contribution in [-0.2, 0) is 11.3 Å². The molecular formula is C14H20BrClN2O2. The highest BCUT2D eigenvalue weighted by atomic mass is 79.9. The van der Waals surface area contributed by atoms with Gasteiger partial charge in [0.15, 0.2) is 0 Å². The second-order valence-corrected chi connectivity index (χ2v) is 5.74. The van der Waals surface area contributed by atoms with E-state index < -0.39 is 0 Å². The summed E-state index contributed by atoms with van der Waals surface area (Å²) in [6.45, 7) is 4.39. The van der Waals surface area contributed by atoms with Crippen molar-refractivity contribution in [2.24, 2.45) is 11.8 Å². The van der Waals surface area contributed by atoms with Crippen LogP contribution >= 0.6 is 28.3 Å². The number of amides is 1. The number of methoxy groups -OCH3 is 1. The maximum Gasteiger partial charge on any atom is 0.223 e. The number of rotatable bonds is 5. The normalized spacial score (nSPS) is 15.8. The van der Waals surface area contributed by atoms with Crippen molar-refractivity contribution in [1.29, 1.82) is 0 Å². The molecule has 1 aliphatic heterocycles. The molecule has 112 valence electrons. The number of halogens is 2. The van der Waals surface area contributed by atoms with Crippen molar-refractivity contribution >= 4 is 34.2 Å². The Labute approximate surface area is 134 Å². The Morgan fingerprint density at radius 1 is 1.55 bits per heavy atom. The fourth-order valence-electron chi connectivity index (χ4n) is 2.04. The van der Waals surface area contributed by atoms with Crippen molar-refractivity contribution in [2.45, 2.75) is 13.5 Å². The molecule has 1 fully saturated rings. The summed E-state index contributed by atoms with van der Waals surface area (Å²) in [5, 5.41) is 6.18. The maximum absolute atomic E-state index is 12.0. The van der Waals surface area contributed by atoms with Gasteiger partial charge in [0.2, 0.25) is 5.91 Å². The second kappa shape index (κ2) is 7.86. The van der Waals surface area contributed by atoms with E-state index in [1.807, 2.05) is 25.1 Å². The van der Waals surface area contributed by atoms with Gasteiger partial charge in [-0.15, -0.1) is 12.4 Å². The molecule has 1 aromatic rings. The minimum Gasteiger partial charge on any atom is -0.497 e. The van der Waals surface area contributed by atoms with E-state index in [9.17, 15) is 4.79 Å². The molecule has 1 heterocycles. The molecular weight excluding hydrogens is 344 g/mol. The Morgan fingerprint density at radius 3 is 2.80 bits per heavy atom. The fourth-order valence-corrected chi connectivity index (χ4v) is 2.42. The zero-order valence-electron chi connectivity index (χ0n) is 11.6. The van der Waals surface area contributed by atoms with Crippen molar-refractivity contribution in [2.75, 3.05) is 20.2 Å². The molecule has 1 amide bonds. The summed E-state index contributed by atoms with van der Waals surface area (Å²) in [5.74, 6) is 1.43. The minimum absolute atomic E-state index is 0. The molecule has 1 aromatic carbocycles. The highest BCUT2D eigenvalue weighted by Crippen LogP contribution is 2.22. The van der Waals surface area contributed by atoms with Gasteiger partial charge in [-0.2, -0.15) is 0 Å². The number of hydrogen-bond donors (Lipinski definition) is 2. The molecule has 2 rings (SSSR count). The van der Waals surface area contributed by atoms with Crippen molar-refractivity contribution in [3.05, 3.63) is 28.2 Å². The standard InChI is InChI=1S/C14H19BrN2O2.ClH/c1-9(11-6-16-7-11)14(18)17-8-10-5-12(19-2)3-4-13(10)15;/h3-5,9,11,16H,6-8H2,1-2H3,(H,17,18);1H. The number of carbonyl (C=O) groups is 1. The minimum atomic E-state index is 0. The number of ether oxygens (including phenoxy) is 1. The molecule has 0 aliphatic carbocycles. The molecule has 0 saturated carbocycles. The smallest absolute Gasteiger partial charge is 0.223 e. The molecule has 0 aromatic heterocycles. The van der Waals surface area contributed by atoms with Crippen LogP contribution in [0.1, 0.15) is 12.5 Å². The zero-order chi connectivity index (χ0) is 13.8. The largest absolute Gasteiger partial charge is 0.497 e. The number of hydrogen-bond acceptors (Lipinski definition) is 3. The van der Waals surface area contributed by atoms with Gasteiger partial charge in [0.05, 0.1) is 7.11 Å². The molecule has 0 bridgehead atoms. The van der Waals surface area contributed by atoms with Crippen LogP contribution in [0.25, 0.3) is 0 Å². The van der Waals surface area contributed by atoms with Crippen LogP contribution in [0.5, 0.6) is 5.75 Å². The van der Waals surface area contributed by atoms with Gasteiger partial charge in [-0.25, -0.2) is 0 Å². The first-order valence-electron chi connectivity index (χ1n) is 6.42. The Bertz CT molecular complexity index is 466. The average molecular weight is 364 g/mol. The van der Waals surface area contributed by atoms with Gasteiger partial charge < -0.3 is 15.4 Å².